The number of hydrogen-bond donors (Lipinski definition) is 0. The van der Waals surface area contributed by atoms with Gasteiger partial charge in [0.05, 0.1) is 7.11 Å². The van der Waals surface area contributed by atoms with Gasteiger partial charge in [-0.25, -0.2) is 14.8 Å². The average Bonchev–Trinajstić information content (AvgIpc) is 2.46. The summed E-state index contributed by atoms with van der Waals surface area (Å²) in [6, 6.07) is 7.29. The molecular weight excluding hydrogens is 228 g/mol. The molecule has 4 heteroatoms. The highest BCUT2D eigenvalue weighted by Gasteiger charge is 2.16. The molecule has 2 rings (SSSR count). The summed E-state index contributed by atoms with van der Waals surface area (Å²) in [6.07, 6.45) is 8.29. The molecule has 0 saturated carbocycles. The van der Waals surface area contributed by atoms with Gasteiger partial charge in [0.1, 0.15) is 6.33 Å². The fourth-order valence-corrected chi connectivity index (χ4v) is 1.63. The summed E-state index contributed by atoms with van der Waals surface area (Å²) in [5, 5.41) is 0. The molecule has 0 amide bonds. The molecule has 1 heterocycles. The van der Waals surface area contributed by atoms with Crippen LogP contribution in [-0.2, 0) is 4.74 Å². The first-order valence-electron chi connectivity index (χ1n) is 5.22. The normalized spacial score (nSPS) is 9.56. The molecule has 0 saturated heterocycles. The van der Waals surface area contributed by atoms with Crippen LogP contribution in [-0.4, -0.2) is 23.0 Å². The third-order valence-electron chi connectivity index (χ3n) is 2.46. The molecule has 0 unspecified atom stereocenters. The lowest BCUT2D eigenvalue weighted by Crippen LogP contribution is -2.07. The lowest BCUT2D eigenvalue weighted by molar-refractivity contribution is 0.0595. The number of carbonyl (C=O) groups is 1. The highest BCUT2D eigenvalue weighted by atomic mass is 16.5. The molecule has 4 nitrogen and oxygen atoms in total. The molecule has 2 aromatic rings. The van der Waals surface area contributed by atoms with Gasteiger partial charge in [-0.3, -0.25) is 0 Å². The van der Waals surface area contributed by atoms with Crippen molar-refractivity contribution in [2.45, 2.75) is 0 Å². The van der Waals surface area contributed by atoms with E-state index in [1.807, 2.05) is 18.2 Å². The Hall–Kier alpha value is -2.67. The third-order valence-corrected chi connectivity index (χ3v) is 2.46. The Morgan fingerprint density at radius 3 is 2.83 bits per heavy atom. The van der Waals surface area contributed by atoms with Gasteiger partial charge in [-0.05, 0) is 6.07 Å². The van der Waals surface area contributed by atoms with Gasteiger partial charge in [0.25, 0.3) is 0 Å². The number of ether oxygens (including phenoxy) is 1. The highest BCUT2D eigenvalue weighted by Crippen LogP contribution is 2.25. The maximum absolute atomic E-state index is 11.6. The Labute approximate surface area is 105 Å². The molecule has 0 fully saturated rings. The molecule has 88 valence electrons. The van der Waals surface area contributed by atoms with Crippen LogP contribution >= 0.6 is 0 Å². The van der Waals surface area contributed by atoms with Gasteiger partial charge in [0.15, 0.2) is 5.69 Å². The molecule has 1 aromatic carbocycles. The van der Waals surface area contributed by atoms with Crippen LogP contribution in [0.25, 0.3) is 11.1 Å². The Bertz CT molecular complexity index is 630. The minimum Gasteiger partial charge on any atom is -0.464 e. The van der Waals surface area contributed by atoms with Gasteiger partial charge < -0.3 is 4.74 Å². The van der Waals surface area contributed by atoms with Crippen LogP contribution in [0, 0.1) is 12.3 Å². The molecule has 0 aliphatic carbocycles. The lowest BCUT2D eigenvalue weighted by atomic mass is 10.00. The van der Waals surface area contributed by atoms with Gasteiger partial charge in [0, 0.05) is 22.9 Å². The van der Waals surface area contributed by atoms with Crippen molar-refractivity contribution in [2.75, 3.05) is 7.11 Å². The van der Waals surface area contributed by atoms with E-state index < -0.39 is 5.97 Å². The predicted octanol–water partition coefficient (Wildman–Crippen LogP) is 1.91. The largest absolute Gasteiger partial charge is 0.464 e. The minimum absolute atomic E-state index is 0.204. The van der Waals surface area contributed by atoms with Crippen molar-refractivity contribution in [3.8, 4) is 23.5 Å². The van der Waals surface area contributed by atoms with Crippen LogP contribution in [0.4, 0.5) is 0 Å². The van der Waals surface area contributed by atoms with E-state index in [0.29, 0.717) is 11.1 Å². The Morgan fingerprint density at radius 1 is 1.33 bits per heavy atom. The smallest absolute Gasteiger partial charge is 0.357 e. The zero-order valence-corrected chi connectivity index (χ0v) is 9.75. The molecule has 0 atom stereocenters. The first kappa shape index (κ1) is 11.8. The first-order valence-corrected chi connectivity index (χ1v) is 5.22. The molecule has 0 bridgehead atoms. The van der Waals surface area contributed by atoms with E-state index >= 15 is 0 Å². The Kier molecular flexibility index (Phi) is 3.35. The molecule has 0 N–H and O–H groups in total. The van der Waals surface area contributed by atoms with Gasteiger partial charge >= 0.3 is 5.97 Å². The van der Waals surface area contributed by atoms with Gasteiger partial charge in [0.2, 0.25) is 0 Å². The summed E-state index contributed by atoms with van der Waals surface area (Å²) in [5.41, 5.74) is 2.19. The predicted molar refractivity (Wildman–Crippen MR) is 66.7 cm³/mol. The maximum Gasteiger partial charge on any atom is 0.357 e. The molecule has 0 radical (unpaired) electrons. The Balaban J connectivity index is 2.65. The lowest BCUT2D eigenvalue weighted by Gasteiger charge is -2.08. The van der Waals surface area contributed by atoms with Crippen molar-refractivity contribution in [3.05, 3.63) is 48.0 Å². The van der Waals surface area contributed by atoms with Crippen LogP contribution in [0.3, 0.4) is 0 Å². The first-order chi connectivity index (χ1) is 8.77. The number of rotatable bonds is 2. The number of benzene rings is 1. The van der Waals surface area contributed by atoms with Gasteiger partial charge in [-0.1, -0.05) is 24.1 Å². The third kappa shape index (κ3) is 2.06. The Morgan fingerprint density at radius 2 is 2.11 bits per heavy atom. The minimum atomic E-state index is -0.515. The number of nitrogens with zero attached hydrogens (tertiary/aromatic N) is 2. The van der Waals surface area contributed by atoms with Gasteiger partial charge in [-0.15, -0.1) is 6.42 Å². The van der Waals surface area contributed by atoms with E-state index in [1.165, 1.54) is 13.4 Å². The van der Waals surface area contributed by atoms with E-state index in [-0.39, 0.29) is 5.69 Å². The molecule has 0 aliphatic heterocycles. The van der Waals surface area contributed by atoms with Crippen molar-refractivity contribution in [1.82, 2.24) is 9.97 Å². The van der Waals surface area contributed by atoms with Crippen LogP contribution in [0.1, 0.15) is 16.1 Å². The molecule has 1 aromatic heterocycles. The number of esters is 1. The second-order valence-corrected chi connectivity index (χ2v) is 3.47. The maximum atomic E-state index is 11.6. The second-order valence-electron chi connectivity index (χ2n) is 3.47. The molecule has 0 aliphatic rings. The molecule has 0 spiro atoms. The number of methoxy groups -OCH3 is 1. The standard InChI is InChI=1S/C14H10N2O2/c1-3-10-6-4-5-7-11(10)12-8-15-9-16-13(12)14(17)18-2/h1,4-9H,2H3. The summed E-state index contributed by atoms with van der Waals surface area (Å²) < 4.78 is 4.69. The number of aromatic nitrogens is 2. The van der Waals surface area contributed by atoms with Crippen LogP contribution in [0.2, 0.25) is 0 Å². The van der Waals surface area contributed by atoms with Crippen molar-refractivity contribution >= 4 is 5.97 Å². The number of hydrogen-bond acceptors (Lipinski definition) is 4. The fourth-order valence-electron chi connectivity index (χ4n) is 1.63. The van der Waals surface area contributed by atoms with E-state index in [2.05, 4.69) is 15.9 Å². The summed E-state index contributed by atoms with van der Waals surface area (Å²) in [7, 11) is 1.31. The van der Waals surface area contributed by atoms with Crippen LogP contribution < -0.4 is 0 Å². The van der Waals surface area contributed by atoms with E-state index in [1.54, 1.807) is 12.3 Å². The van der Waals surface area contributed by atoms with Crippen LogP contribution in [0.15, 0.2) is 36.8 Å². The van der Waals surface area contributed by atoms with E-state index in [4.69, 9.17) is 11.2 Å². The second kappa shape index (κ2) is 5.11. The monoisotopic (exact) mass is 238 g/mol. The van der Waals surface area contributed by atoms with Crippen LogP contribution in [0.5, 0.6) is 0 Å². The number of carbonyl (C=O) groups excluding carboxylic acids is 1. The molecular formula is C14H10N2O2. The fraction of sp³-hybridized carbons (Fsp3) is 0.0714. The summed E-state index contributed by atoms with van der Waals surface area (Å²) in [5.74, 6) is 2.06. The van der Waals surface area contributed by atoms with E-state index in [0.717, 1.165) is 5.56 Å². The SMILES string of the molecule is C#Cc1ccccc1-c1cncnc1C(=O)OC. The summed E-state index contributed by atoms with van der Waals surface area (Å²) >= 11 is 0. The van der Waals surface area contributed by atoms with Crippen molar-refractivity contribution < 1.29 is 9.53 Å². The van der Waals surface area contributed by atoms with E-state index in [9.17, 15) is 4.79 Å². The van der Waals surface area contributed by atoms with Crippen molar-refractivity contribution in [1.29, 1.82) is 0 Å². The number of terminal acetylenes is 1. The van der Waals surface area contributed by atoms with Gasteiger partial charge in [-0.2, -0.15) is 0 Å². The molecule has 18 heavy (non-hydrogen) atoms. The summed E-state index contributed by atoms with van der Waals surface area (Å²) in [6.45, 7) is 0. The zero-order chi connectivity index (χ0) is 13.0. The average molecular weight is 238 g/mol. The zero-order valence-electron chi connectivity index (χ0n) is 9.75. The highest BCUT2D eigenvalue weighted by molar-refractivity contribution is 5.95. The summed E-state index contributed by atoms with van der Waals surface area (Å²) in [4.78, 5) is 19.5. The topological polar surface area (TPSA) is 52.1 Å². The van der Waals surface area contributed by atoms with Crippen molar-refractivity contribution in [2.24, 2.45) is 0 Å². The quantitative estimate of drug-likeness (QED) is 0.592. The van der Waals surface area contributed by atoms with Crippen molar-refractivity contribution in [3.63, 3.8) is 0 Å².